The zero-order valence-corrected chi connectivity index (χ0v) is 16.7. The van der Waals surface area contributed by atoms with Crippen molar-refractivity contribution in [3.05, 3.63) is 51.2 Å². The molecular weight excluding hydrogens is 378 g/mol. The van der Waals surface area contributed by atoms with Crippen molar-refractivity contribution in [2.24, 2.45) is 0 Å². The molecule has 0 spiro atoms. The van der Waals surface area contributed by atoms with Gasteiger partial charge in [0, 0.05) is 33.8 Å². The number of Topliss-reactive ketones (excluding diaryl/α,β-unsaturated/α-hetero) is 1. The van der Waals surface area contributed by atoms with E-state index in [9.17, 15) is 19.2 Å². The van der Waals surface area contributed by atoms with Gasteiger partial charge in [-0.25, -0.2) is 4.79 Å². The first-order valence-corrected chi connectivity index (χ1v) is 9.65. The molecule has 1 aliphatic heterocycles. The summed E-state index contributed by atoms with van der Waals surface area (Å²) in [6.45, 7) is 5.44. The highest BCUT2D eigenvalue weighted by molar-refractivity contribution is 7.12. The number of imide groups is 1. The Labute approximate surface area is 166 Å². The van der Waals surface area contributed by atoms with Crippen LogP contribution in [0.15, 0.2) is 30.3 Å². The smallest absolute Gasteiger partial charge is 0.322 e. The molecule has 1 atom stereocenters. The SMILES string of the molecule is Cc1cc(C(=O)CCC(=O)Nc2cccc(C3(C)NC(=O)NC3=O)c2)c(C)s1. The van der Waals surface area contributed by atoms with Gasteiger partial charge in [-0.15, -0.1) is 11.3 Å². The minimum absolute atomic E-state index is 0.0522. The van der Waals surface area contributed by atoms with Gasteiger partial charge in [0.1, 0.15) is 5.54 Å². The average molecular weight is 399 g/mol. The molecule has 2 aromatic rings. The standard InChI is InChI=1S/C20H21N3O4S/c1-11-9-15(12(2)28-11)16(24)7-8-17(25)21-14-6-4-5-13(10-14)20(3)18(26)22-19(27)23-20/h4-6,9-10H,7-8H2,1-3H3,(H,21,25)(H2,22,23,26,27). The maximum atomic E-state index is 12.3. The molecule has 8 heteroatoms. The highest BCUT2D eigenvalue weighted by Crippen LogP contribution is 2.27. The van der Waals surface area contributed by atoms with Crippen molar-refractivity contribution in [3.63, 3.8) is 0 Å². The number of anilines is 1. The highest BCUT2D eigenvalue weighted by Gasteiger charge is 2.43. The van der Waals surface area contributed by atoms with Gasteiger partial charge < -0.3 is 10.6 Å². The number of carbonyl (C=O) groups excluding carboxylic acids is 4. The average Bonchev–Trinajstić information content (AvgIpc) is 3.11. The first-order valence-electron chi connectivity index (χ1n) is 8.83. The molecule has 1 aliphatic rings. The summed E-state index contributed by atoms with van der Waals surface area (Å²) < 4.78 is 0. The number of hydrogen-bond acceptors (Lipinski definition) is 5. The van der Waals surface area contributed by atoms with Gasteiger partial charge in [-0.1, -0.05) is 12.1 Å². The lowest BCUT2D eigenvalue weighted by molar-refractivity contribution is -0.123. The number of nitrogens with one attached hydrogen (secondary N) is 3. The third-order valence-corrected chi connectivity index (χ3v) is 5.65. The monoisotopic (exact) mass is 399 g/mol. The lowest BCUT2D eigenvalue weighted by Gasteiger charge is -2.21. The normalized spacial score (nSPS) is 18.5. The molecule has 1 aromatic heterocycles. The van der Waals surface area contributed by atoms with E-state index in [1.807, 2.05) is 19.9 Å². The van der Waals surface area contributed by atoms with Crippen LogP contribution in [-0.2, 0) is 15.1 Å². The van der Waals surface area contributed by atoms with Crippen molar-refractivity contribution in [1.29, 1.82) is 0 Å². The zero-order valence-electron chi connectivity index (χ0n) is 15.8. The second-order valence-electron chi connectivity index (χ2n) is 6.91. The van der Waals surface area contributed by atoms with Gasteiger partial charge >= 0.3 is 6.03 Å². The van der Waals surface area contributed by atoms with E-state index in [4.69, 9.17) is 0 Å². The van der Waals surface area contributed by atoms with Crippen molar-refractivity contribution >= 4 is 40.7 Å². The van der Waals surface area contributed by atoms with E-state index in [-0.39, 0.29) is 24.5 Å². The van der Waals surface area contributed by atoms with Crippen molar-refractivity contribution in [2.45, 2.75) is 39.2 Å². The molecule has 2 heterocycles. The fraction of sp³-hybridized carbons (Fsp3) is 0.300. The number of hydrogen-bond donors (Lipinski definition) is 3. The van der Waals surface area contributed by atoms with Crippen molar-refractivity contribution in [2.75, 3.05) is 5.32 Å². The summed E-state index contributed by atoms with van der Waals surface area (Å²) in [6, 6.07) is 8.01. The van der Waals surface area contributed by atoms with E-state index < -0.39 is 17.5 Å². The van der Waals surface area contributed by atoms with Crippen LogP contribution in [0.1, 0.15) is 45.4 Å². The Hall–Kier alpha value is -3.00. The molecule has 1 fully saturated rings. The molecule has 3 N–H and O–H groups in total. The van der Waals surface area contributed by atoms with Crippen molar-refractivity contribution < 1.29 is 19.2 Å². The number of benzene rings is 1. The molecule has 7 nitrogen and oxygen atoms in total. The number of carbonyl (C=O) groups is 4. The largest absolute Gasteiger partial charge is 0.326 e. The number of urea groups is 1. The fourth-order valence-corrected chi connectivity index (χ4v) is 4.09. The first kappa shape index (κ1) is 19.8. The predicted octanol–water partition coefficient (Wildman–Crippen LogP) is 3.02. The van der Waals surface area contributed by atoms with E-state index in [1.165, 1.54) is 0 Å². The number of aryl methyl sites for hydroxylation is 2. The Balaban J connectivity index is 1.63. The molecule has 3 rings (SSSR count). The van der Waals surface area contributed by atoms with Crippen LogP contribution in [0.4, 0.5) is 10.5 Å². The summed E-state index contributed by atoms with van der Waals surface area (Å²) in [5, 5.41) is 7.54. The summed E-state index contributed by atoms with van der Waals surface area (Å²) >= 11 is 1.56. The maximum absolute atomic E-state index is 12.3. The molecule has 0 saturated carbocycles. The number of thiophene rings is 1. The van der Waals surface area contributed by atoms with Crippen LogP contribution < -0.4 is 16.0 Å². The Bertz CT molecular complexity index is 982. The lowest BCUT2D eigenvalue weighted by atomic mass is 9.92. The zero-order chi connectivity index (χ0) is 20.5. The second kappa shape index (κ2) is 7.55. The fourth-order valence-electron chi connectivity index (χ4n) is 3.15. The predicted molar refractivity (Wildman–Crippen MR) is 106 cm³/mol. The first-order chi connectivity index (χ1) is 13.2. The van der Waals surface area contributed by atoms with Gasteiger partial charge in [0.05, 0.1) is 0 Å². The Morgan fingerprint density at radius 2 is 1.89 bits per heavy atom. The van der Waals surface area contributed by atoms with Crippen LogP contribution in [0.25, 0.3) is 0 Å². The highest BCUT2D eigenvalue weighted by atomic mass is 32.1. The van der Waals surface area contributed by atoms with E-state index in [0.29, 0.717) is 16.8 Å². The topological polar surface area (TPSA) is 104 Å². The van der Waals surface area contributed by atoms with Crippen LogP contribution in [0.3, 0.4) is 0 Å². The molecule has 4 amide bonds. The van der Waals surface area contributed by atoms with Crippen molar-refractivity contribution in [1.82, 2.24) is 10.6 Å². The van der Waals surface area contributed by atoms with Crippen LogP contribution in [0.2, 0.25) is 0 Å². The number of amides is 4. The van der Waals surface area contributed by atoms with E-state index in [2.05, 4.69) is 16.0 Å². The summed E-state index contributed by atoms with van der Waals surface area (Å²) in [5.41, 5.74) is 0.525. The van der Waals surface area contributed by atoms with E-state index >= 15 is 0 Å². The minimum Gasteiger partial charge on any atom is -0.326 e. The molecule has 1 unspecified atom stereocenters. The minimum atomic E-state index is -1.19. The van der Waals surface area contributed by atoms with Crippen LogP contribution in [0.5, 0.6) is 0 Å². The Morgan fingerprint density at radius 3 is 2.50 bits per heavy atom. The van der Waals surface area contributed by atoms with Gasteiger partial charge in [-0.2, -0.15) is 0 Å². The molecule has 1 saturated heterocycles. The number of rotatable bonds is 6. The molecule has 28 heavy (non-hydrogen) atoms. The maximum Gasteiger partial charge on any atom is 0.322 e. The molecule has 146 valence electrons. The van der Waals surface area contributed by atoms with Gasteiger partial charge in [-0.3, -0.25) is 19.7 Å². The van der Waals surface area contributed by atoms with Gasteiger partial charge in [0.2, 0.25) is 5.91 Å². The third-order valence-electron chi connectivity index (χ3n) is 4.69. The van der Waals surface area contributed by atoms with Gasteiger partial charge in [-0.05, 0) is 44.5 Å². The van der Waals surface area contributed by atoms with Crippen LogP contribution in [0, 0.1) is 13.8 Å². The summed E-state index contributed by atoms with van der Waals surface area (Å²) in [5.74, 6) is -0.795. The van der Waals surface area contributed by atoms with Crippen LogP contribution in [-0.4, -0.2) is 23.6 Å². The Morgan fingerprint density at radius 1 is 1.14 bits per heavy atom. The van der Waals surface area contributed by atoms with E-state index in [0.717, 1.165) is 9.75 Å². The third kappa shape index (κ3) is 3.96. The summed E-state index contributed by atoms with van der Waals surface area (Å²) in [6.07, 6.45) is 0.185. The molecule has 0 aliphatic carbocycles. The molecule has 0 radical (unpaired) electrons. The second-order valence-corrected chi connectivity index (χ2v) is 8.37. The molecule has 0 bridgehead atoms. The summed E-state index contributed by atoms with van der Waals surface area (Å²) in [4.78, 5) is 50.1. The summed E-state index contributed by atoms with van der Waals surface area (Å²) in [7, 11) is 0. The van der Waals surface area contributed by atoms with Crippen LogP contribution >= 0.6 is 11.3 Å². The lowest BCUT2D eigenvalue weighted by Crippen LogP contribution is -2.40. The Kier molecular flexibility index (Phi) is 5.33. The van der Waals surface area contributed by atoms with Gasteiger partial charge in [0.25, 0.3) is 5.91 Å². The van der Waals surface area contributed by atoms with Gasteiger partial charge in [0.15, 0.2) is 5.78 Å². The molecular formula is C20H21N3O4S. The van der Waals surface area contributed by atoms with Crippen molar-refractivity contribution in [3.8, 4) is 0 Å². The molecule has 1 aromatic carbocycles. The van der Waals surface area contributed by atoms with E-state index in [1.54, 1.807) is 42.5 Å². The number of ketones is 1. The quantitative estimate of drug-likeness (QED) is 0.513.